The standard InChI is InChI=1S/C21H23N3O4/c1-2-28-17-9-7-15(8-10-17)21(27)23-14-19(25)22-11-12-24-18-6-4-3-5-16(18)13-20(24)26/h3-10H,2,11-14H2,1H3,(H,22,25)(H,23,27). The number of nitrogens with zero attached hydrogens (tertiary/aromatic N) is 1. The Bertz CT molecular complexity index is 864. The number of amides is 3. The SMILES string of the molecule is CCOc1ccc(C(=O)NCC(=O)NCCN2C(=O)Cc3ccccc32)cc1. The Balaban J connectivity index is 1.41. The molecule has 2 N–H and O–H groups in total. The monoisotopic (exact) mass is 381 g/mol. The number of para-hydroxylation sites is 1. The van der Waals surface area contributed by atoms with Crippen LogP contribution < -0.4 is 20.3 Å². The van der Waals surface area contributed by atoms with Crippen LogP contribution in [0.1, 0.15) is 22.8 Å². The molecular weight excluding hydrogens is 358 g/mol. The minimum absolute atomic E-state index is 0.0271. The van der Waals surface area contributed by atoms with Crippen LogP contribution in [0.4, 0.5) is 5.69 Å². The average Bonchev–Trinajstić information content (AvgIpc) is 3.02. The lowest BCUT2D eigenvalue weighted by Crippen LogP contribution is -2.41. The Labute approximate surface area is 163 Å². The lowest BCUT2D eigenvalue weighted by molar-refractivity contribution is -0.120. The second kappa shape index (κ2) is 9.03. The minimum atomic E-state index is -0.332. The number of carbonyl (C=O) groups excluding carboxylic acids is 3. The third-order valence-electron chi connectivity index (χ3n) is 4.42. The van der Waals surface area contributed by atoms with Gasteiger partial charge in [-0.05, 0) is 42.8 Å². The Kier molecular flexibility index (Phi) is 6.26. The number of hydrogen-bond donors (Lipinski definition) is 2. The summed E-state index contributed by atoms with van der Waals surface area (Å²) in [6.07, 6.45) is 0.391. The lowest BCUT2D eigenvalue weighted by Gasteiger charge is -2.17. The van der Waals surface area contributed by atoms with Gasteiger partial charge in [0.1, 0.15) is 5.75 Å². The maximum atomic E-state index is 12.1. The zero-order valence-corrected chi connectivity index (χ0v) is 15.7. The Morgan fingerprint density at radius 2 is 1.82 bits per heavy atom. The van der Waals surface area contributed by atoms with Crippen LogP contribution >= 0.6 is 0 Å². The normalized spacial score (nSPS) is 12.5. The molecule has 7 nitrogen and oxygen atoms in total. The maximum absolute atomic E-state index is 12.1. The number of nitrogens with one attached hydrogen (secondary N) is 2. The third-order valence-corrected chi connectivity index (χ3v) is 4.42. The van der Waals surface area contributed by atoms with E-state index < -0.39 is 0 Å². The number of fused-ring (bicyclic) bond motifs is 1. The van der Waals surface area contributed by atoms with Crippen LogP contribution in [0.15, 0.2) is 48.5 Å². The molecule has 1 heterocycles. The van der Waals surface area contributed by atoms with Gasteiger partial charge in [-0.25, -0.2) is 0 Å². The fourth-order valence-corrected chi connectivity index (χ4v) is 3.06. The van der Waals surface area contributed by atoms with Gasteiger partial charge in [-0.15, -0.1) is 0 Å². The highest BCUT2D eigenvalue weighted by Crippen LogP contribution is 2.27. The summed E-state index contributed by atoms with van der Waals surface area (Å²) >= 11 is 0. The van der Waals surface area contributed by atoms with Gasteiger partial charge in [-0.2, -0.15) is 0 Å². The van der Waals surface area contributed by atoms with Gasteiger partial charge in [0.05, 0.1) is 19.6 Å². The van der Waals surface area contributed by atoms with E-state index in [-0.39, 0.29) is 24.3 Å². The van der Waals surface area contributed by atoms with Crippen LogP contribution in [-0.4, -0.2) is 44.0 Å². The molecule has 0 fully saturated rings. The van der Waals surface area contributed by atoms with Gasteiger partial charge in [0.25, 0.3) is 5.91 Å². The van der Waals surface area contributed by atoms with Crippen molar-refractivity contribution in [3.05, 3.63) is 59.7 Å². The molecule has 28 heavy (non-hydrogen) atoms. The molecule has 2 aromatic carbocycles. The average molecular weight is 381 g/mol. The van der Waals surface area contributed by atoms with Crippen molar-refractivity contribution in [1.82, 2.24) is 10.6 Å². The van der Waals surface area contributed by atoms with E-state index in [4.69, 9.17) is 4.74 Å². The minimum Gasteiger partial charge on any atom is -0.494 e. The van der Waals surface area contributed by atoms with E-state index in [1.807, 2.05) is 31.2 Å². The Morgan fingerprint density at radius 3 is 2.57 bits per heavy atom. The maximum Gasteiger partial charge on any atom is 0.251 e. The Morgan fingerprint density at radius 1 is 1.07 bits per heavy atom. The predicted molar refractivity (Wildman–Crippen MR) is 105 cm³/mol. The summed E-state index contributed by atoms with van der Waals surface area (Å²) in [6.45, 7) is 3.03. The molecule has 0 aliphatic carbocycles. The second-order valence-electron chi connectivity index (χ2n) is 6.34. The van der Waals surface area contributed by atoms with Crippen LogP contribution in [0.3, 0.4) is 0 Å². The molecule has 2 aromatic rings. The van der Waals surface area contributed by atoms with E-state index in [2.05, 4.69) is 10.6 Å². The van der Waals surface area contributed by atoms with Crippen molar-refractivity contribution >= 4 is 23.4 Å². The van der Waals surface area contributed by atoms with E-state index in [9.17, 15) is 14.4 Å². The Hall–Kier alpha value is -3.35. The molecule has 146 valence electrons. The largest absolute Gasteiger partial charge is 0.494 e. The first-order chi connectivity index (χ1) is 13.6. The molecule has 3 rings (SSSR count). The summed E-state index contributed by atoms with van der Waals surface area (Å²) in [5, 5.41) is 5.31. The third kappa shape index (κ3) is 4.68. The van der Waals surface area contributed by atoms with Gasteiger partial charge in [0.2, 0.25) is 11.8 Å². The van der Waals surface area contributed by atoms with Crippen molar-refractivity contribution < 1.29 is 19.1 Å². The number of benzene rings is 2. The van der Waals surface area contributed by atoms with Gasteiger partial charge in [-0.1, -0.05) is 18.2 Å². The fourth-order valence-electron chi connectivity index (χ4n) is 3.06. The number of rotatable bonds is 8. The van der Waals surface area contributed by atoms with Crippen molar-refractivity contribution in [2.45, 2.75) is 13.3 Å². The molecule has 7 heteroatoms. The molecule has 3 amide bonds. The van der Waals surface area contributed by atoms with E-state index in [1.165, 1.54) is 0 Å². The van der Waals surface area contributed by atoms with Crippen LogP contribution in [0.2, 0.25) is 0 Å². The van der Waals surface area contributed by atoms with E-state index in [0.717, 1.165) is 11.3 Å². The van der Waals surface area contributed by atoms with Crippen molar-refractivity contribution in [2.24, 2.45) is 0 Å². The number of carbonyl (C=O) groups is 3. The summed E-state index contributed by atoms with van der Waals surface area (Å²) in [5.41, 5.74) is 2.35. The number of hydrogen-bond acceptors (Lipinski definition) is 4. The molecular formula is C21H23N3O4. The first-order valence-corrected chi connectivity index (χ1v) is 9.24. The summed E-state index contributed by atoms with van der Waals surface area (Å²) < 4.78 is 5.33. The summed E-state index contributed by atoms with van der Waals surface area (Å²) in [6, 6.07) is 14.3. The van der Waals surface area contributed by atoms with Gasteiger partial charge in [-0.3, -0.25) is 14.4 Å². The van der Waals surface area contributed by atoms with Gasteiger partial charge < -0.3 is 20.3 Å². The summed E-state index contributed by atoms with van der Waals surface area (Å²) in [7, 11) is 0. The van der Waals surface area contributed by atoms with E-state index in [0.29, 0.717) is 37.4 Å². The molecule has 0 atom stereocenters. The molecule has 0 bridgehead atoms. The highest BCUT2D eigenvalue weighted by atomic mass is 16.5. The highest BCUT2D eigenvalue weighted by Gasteiger charge is 2.26. The van der Waals surface area contributed by atoms with E-state index >= 15 is 0 Å². The van der Waals surface area contributed by atoms with E-state index in [1.54, 1.807) is 29.2 Å². The lowest BCUT2D eigenvalue weighted by atomic mass is 10.2. The summed E-state index contributed by atoms with van der Waals surface area (Å²) in [4.78, 5) is 37.8. The van der Waals surface area contributed by atoms with Crippen LogP contribution in [0, 0.1) is 0 Å². The number of ether oxygens (including phenoxy) is 1. The molecule has 0 unspecified atom stereocenters. The smallest absolute Gasteiger partial charge is 0.251 e. The molecule has 0 aromatic heterocycles. The van der Waals surface area contributed by atoms with Gasteiger partial charge in [0, 0.05) is 24.3 Å². The molecule has 1 aliphatic heterocycles. The molecule has 0 saturated heterocycles. The predicted octanol–water partition coefficient (Wildman–Crippen LogP) is 1.52. The van der Waals surface area contributed by atoms with Crippen LogP contribution in [-0.2, 0) is 16.0 Å². The zero-order valence-electron chi connectivity index (χ0n) is 15.7. The second-order valence-corrected chi connectivity index (χ2v) is 6.34. The van der Waals surface area contributed by atoms with Crippen molar-refractivity contribution in [3.8, 4) is 5.75 Å². The summed E-state index contributed by atoms with van der Waals surface area (Å²) in [5.74, 6) is 0.0788. The number of anilines is 1. The van der Waals surface area contributed by atoms with Crippen molar-refractivity contribution in [3.63, 3.8) is 0 Å². The molecule has 0 spiro atoms. The van der Waals surface area contributed by atoms with Crippen molar-refractivity contribution in [1.29, 1.82) is 0 Å². The topological polar surface area (TPSA) is 87.7 Å². The fraction of sp³-hybridized carbons (Fsp3) is 0.286. The zero-order chi connectivity index (χ0) is 19.9. The van der Waals surface area contributed by atoms with Crippen LogP contribution in [0.5, 0.6) is 5.75 Å². The highest BCUT2D eigenvalue weighted by molar-refractivity contribution is 6.01. The van der Waals surface area contributed by atoms with Gasteiger partial charge >= 0.3 is 0 Å². The molecule has 0 saturated carbocycles. The first kappa shape index (κ1) is 19.4. The van der Waals surface area contributed by atoms with Crippen molar-refractivity contribution in [2.75, 3.05) is 31.1 Å². The first-order valence-electron chi connectivity index (χ1n) is 9.24. The molecule has 1 aliphatic rings. The quantitative estimate of drug-likeness (QED) is 0.726. The molecule has 0 radical (unpaired) electrons. The van der Waals surface area contributed by atoms with Gasteiger partial charge in [0.15, 0.2) is 0 Å². The van der Waals surface area contributed by atoms with Crippen LogP contribution in [0.25, 0.3) is 0 Å².